The Morgan fingerprint density at radius 1 is 1.21 bits per heavy atom. The normalized spacial score (nSPS) is 24.5. The summed E-state index contributed by atoms with van der Waals surface area (Å²) >= 11 is 0. The van der Waals surface area contributed by atoms with Gasteiger partial charge in [-0.3, -0.25) is 19.3 Å². The zero-order valence-electron chi connectivity index (χ0n) is 24.9. The van der Waals surface area contributed by atoms with E-state index < -0.39 is 63.8 Å². The molecule has 0 bridgehead atoms. The van der Waals surface area contributed by atoms with Gasteiger partial charge in [0, 0.05) is 24.6 Å². The number of phenolic OH excluding ortho intramolecular Hbond substituents is 1. The van der Waals surface area contributed by atoms with Crippen LogP contribution in [0, 0.1) is 17.7 Å². The van der Waals surface area contributed by atoms with E-state index in [0.717, 1.165) is 12.5 Å². The maximum atomic E-state index is 15.2. The highest BCUT2D eigenvalue weighted by atomic mass is 19.1. The highest BCUT2D eigenvalue weighted by Crippen LogP contribution is 2.56. The van der Waals surface area contributed by atoms with E-state index in [1.54, 1.807) is 33.1 Å². The van der Waals surface area contributed by atoms with Crippen LogP contribution in [-0.4, -0.2) is 101 Å². The third-order valence-corrected chi connectivity index (χ3v) is 8.64. The fraction of sp³-hybridized carbons (Fsp3) is 0.533. The molecule has 1 heterocycles. The van der Waals surface area contributed by atoms with Crippen molar-refractivity contribution in [1.29, 1.82) is 0 Å². The standard InChI is InChI=1S/C30H37FN4O8/c1-6-7-10-42-29-21-25(43-33-29)22(35(4)5)16-12-14-11-15-13-17(31)20(28(40)32-8-9-34(2)3)24(37)18(15)23(36)19(14)26(38)30(16,41)27(21)39/h13-14,16,22,36-37,41H,6-12H2,1-5H3,(H,32,40)/t14-,16-,22-,30-/m0/s1. The van der Waals surface area contributed by atoms with Crippen LogP contribution >= 0.6 is 0 Å². The summed E-state index contributed by atoms with van der Waals surface area (Å²) in [5, 5.41) is 41.0. The summed E-state index contributed by atoms with van der Waals surface area (Å²) in [4.78, 5) is 44.5. The number of likely N-dealkylation sites (N-methyl/N-ethyl adjacent to an activating group) is 1. The van der Waals surface area contributed by atoms with E-state index in [4.69, 9.17) is 9.26 Å². The zero-order chi connectivity index (χ0) is 31.4. The number of amides is 1. The number of aromatic nitrogens is 1. The van der Waals surface area contributed by atoms with Gasteiger partial charge in [0.2, 0.25) is 11.6 Å². The maximum Gasteiger partial charge on any atom is 0.265 e. The fourth-order valence-corrected chi connectivity index (χ4v) is 6.56. The van der Waals surface area contributed by atoms with Gasteiger partial charge in [-0.25, -0.2) is 4.39 Å². The van der Waals surface area contributed by atoms with Crippen molar-refractivity contribution in [2.24, 2.45) is 11.8 Å². The summed E-state index contributed by atoms with van der Waals surface area (Å²) < 4.78 is 26.5. The Bertz CT molecular complexity index is 1520. The predicted octanol–water partition coefficient (Wildman–Crippen LogP) is 2.25. The number of hydrogen-bond donors (Lipinski definition) is 4. The van der Waals surface area contributed by atoms with E-state index in [1.807, 2.05) is 11.8 Å². The number of benzene rings is 1. The Morgan fingerprint density at radius 2 is 1.93 bits per heavy atom. The minimum atomic E-state index is -2.60. The first kappa shape index (κ1) is 30.6. The van der Waals surface area contributed by atoms with Crippen LogP contribution in [0.15, 0.2) is 16.2 Å². The average Bonchev–Trinajstić information content (AvgIpc) is 3.33. The fourth-order valence-electron chi connectivity index (χ4n) is 6.56. The molecule has 1 aromatic carbocycles. The lowest BCUT2D eigenvalue weighted by atomic mass is 9.57. The Morgan fingerprint density at radius 3 is 2.58 bits per heavy atom. The molecule has 0 spiro atoms. The van der Waals surface area contributed by atoms with Crippen LogP contribution in [0.5, 0.6) is 11.6 Å². The summed E-state index contributed by atoms with van der Waals surface area (Å²) in [5.74, 6) is -7.02. The number of nitrogens with one attached hydrogen (secondary N) is 1. The van der Waals surface area contributed by atoms with Gasteiger partial charge in [0.05, 0.1) is 18.2 Å². The molecule has 43 heavy (non-hydrogen) atoms. The van der Waals surface area contributed by atoms with E-state index in [2.05, 4.69) is 10.5 Å². The Labute approximate surface area is 248 Å². The highest BCUT2D eigenvalue weighted by molar-refractivity contribution is 6.26. The van der Waals surface area contributed by atoms with Crippen molar-refractivity contribution in [3.63, 3.8) is 0 Å². The molecule has 0 aliphatic heterocycles. The summed E-state index contributed by atoms with van der Waals surface area (Å²) in [7, 11) is 7.02. The largest absolute Gasteiger partial charge is 0.507 e. The molecule has 1 amide bonds. The van der Waals surface area contributed by atoms with Gasteiger partial charge in [-0.05, 0) is 70.2 Å². The van der Waals surface area contributed by atoms with Crippen molar-refractivity contribution in [3.05, 3.63) is 45.5 Å². The number of aromatic hydroxyl groups is 1. The molecule has 3 aliphatic rings. The number of ether oxygens (including phenoxy) is 1. The van der Waals surface area contributed by atoms with Crippen LogP contribution in [0.2, 0.25) is 0 Å². The van der Waals surface area contributed by atoms with Crippen molar-refractivity contribution in [2.75, 3.05) is 47.9 Å². The third kappa shape index (κ3) is 4.79. The third-order valence-electron chi connectivity index (χ3n) is 8.64. The highest BCUT2D eigenvalue weighted by Gasteiger charge is 2.65. The lowest BCUT2D eigenvalue weighted by molar-refractivity contribution is -0.142. The SMILES string of the molecule is CCCCOc1noc2c1C(=O)[C@@]1(O)C(=O)C3=C(O)c4c(cc(F)c(C(=O)NCCN(C)C)c4O)C[C@H]3C[C@H]1[C@@H]2N(C)C. The number of Topliss-reactive ketones (excluding diaryl/α,β-unsaturated/α-hetero) is 2. The molecule has 4 atom stereocenters. The molecule has 1 aromatic heterocycles. The van der Waals surface area contributed by atoms with Gasteiger partial charge in [-0.15, -0.1) is 0 Å². The van der Waals surface area contributed by atoms with Gasteiger partial charge < -0.3 is 34.8 Å². The van der Waals surface area contributed by atoms with Gasteiger partial charge in [0.25, 0.3) is 11.8 Å². The average molecular weight is 601 g/mol. The first-order chi connectivity index (χ1) is 20.3. The van der Waals surface area contributed by atoms with E-state index >= 15 is 4.39 Å². The summed E-state index contributed by atoms with van der Waals surface area (Å²) in [6, 6.07) is 0.319. The molecule has 4 N–H and O–H groups in total. The number of fused-ring (bicyclic) bond motifs is 4. The number of rotatable bonds is 9. The van der Waals surface area contributed by atoms with Crippen LogP contribution in [-0.2, 0) is 11.2 Å². The van der Waals surface area contributed by atoms with Gasteiger partial charge >= 0.3 is 0 Å². The van der Waals surface area contributed by atoms with Crippen LogP contribution in [0.1, 0.15) is 69.8 Å². The number of aliphatic hydroxyl groups is 2. The molecule has 0 unspecified atom stereocenters. The molecular weight excluding hydrogens is 563 g/mol. The number of unbranched alkanes of at least 4 members (excludes halogenated alkanes) is 1. The smallest absolute Gasteiger partial charge is 0.265 e. The van der Waals surface area contributed by atoms with Gasteiger partial charge in [-0.1, -0.05) is 13.3 Å². The van der Waals surface area contributed by atoms with Crippen molar-refractivity contribution in [1.82, 2.24) is 20.3 Å². The van der Waals surface area contributed by atoms with Crippen LogP contribution < -0.4 is 10.1 Å². The van der Waals surface area contributed by atoms with Crippen molar-refractivity contribution >= 4 is 23.2 Å². The zero-order valence-corrected chi connectivity index (χ0v) is 24.9. The molecule has 1 saturated carbocycles. The van der Waals surface area contributed by atoms with Crippen molar-refractivity contribution < 1.29 is 43.4 Å². The number of carbonyl (C=O) groups is 3. The lowest BCUT2D eigenvalue weighted by Gasteiger charge is -2.49. The van der Waals surface area contributed by atoms with Gasteiger partial charge in [0.1, 0.15) is 28.5 Å². The van der Waals surface area contributed by atoms with E-state index in [1.165, 1.54) is 0 Å². The molecule has 0 saturated heterocycles. The van der Waals surface area contributed by atoms with E-state index in [-0.39, 0.29) is 59.9 Å². The summed E-state index contributed by atoms with van der Waals surface area (Å²) in [6.07, 6.45) is 1.58. The molecular formula is C30H37FN4O8. The molecule has 232 valence electrons. The number of nitrogens with zero attached hydrogens (tertiary/aromatic N) is 3. The summed E-state index contributed by atoms with van der Waals surface area (Å²) in [5.41, 5.74) is -3.74. The number of aliphatic hydroxyl groups excluding tert-OH is 1. The minimum Gasteiger partial charge on any atom is -0.507 e. The Hall–Kier alpha value is -3.81. The Balaban J connectivity index is 1.59. The van der Waals surface area contributed by atoms with Gasteiger partial charge in [-0.2, -0.15) is 0 Å². The first-order valence-corrected chi connectivity index (χ1v) is 14.4. The van der Waals surface area contributed by atoms with Crippen LogP contribution in [0.3, 0.4) is 0 Å². The first-order valence-electron chi connectivity index (χ1n) is 14.4. The van der Waals surface area contributed by atoms with Crippen molar-refractivity contribution in [3.8, 4) is 11.6 Å². The molecule has 5 rings (SSSR count). The number of halogens is 1. The molecule has 12 nitrogen and oxygen atoms in total. The molecule has 3 aliphatic carbocycles. The number of phenols is 1. The summed E-state index contributed by atoms with van der Waals surface area (Å²) in [6.45, 7) is 2.85. The van der Waals surface area contributed by atoms with Gasteiger partial charge in [0.15, 0.2) is 11.4 Å². The molecule has 1 fully saturated rings. The predicted molar refractivity (Wildman–Crippen MR) is 151 cm³/mol. The van der Waals surface area contributed by atoms with E-state index in [0.29, 0.717) is 13.0 Å². The monoisotopic (exact) mass is 600 g/mol. The van der Waals surface area contributed by atoms with Crippen molar-refractivity contribution in [2.45, 2.75) is 44.2 Å². The minimum absolute atomic E-state index is 0.0169. The maximum absolute atomic E-state index is 15.2. The topological polar surface area (TPSA) is 166 Å². The number of ketones is 2. The molecule has 0 radical (unpaired) electrons. The Kier molecular flexibility index (Phi) is 8.09. The number of hydrogen-bond acceptors (Lipinski definition) is 11. The van der Waals surface area contributed by atoms with Crippen LogP contribution in [0.4, 0.5) is 4.39 Å². The quantitative estimate of drug-likeness (QED) is 0.246. The second-order valence-electron chi connectivity index (χ2n) is 11.9. The van der Waals surface area contributed by atoms with Crippen LogP contribution in [0.25, 0.3) is 5.76 Å². The second-order valence-corrected chi connectivity index (χ2v) is 11.9. The van der Waals surface area contributed by atoms with E-state index in [9.17, 15) is 29.7 Å². The second kappa shape index (κ2) is 11.4. The molecule has 13 heteroatoms. The number of carbonyl (C=O) groups excluding carboxylic acids is 3. The molecule has 2 aromatic rings. The lowest BCUT2D eigenvalue weighted by Crippen LogP contribution is -2.63.